The highest BCUT2D eigenvalue weighted by Gasteiger charge is 2.37. The normalized spacial score (nSPS) is 26.1. The predicted octanol–water partition coefficient (Wildman–Crippen LogP) is 1.36. The first-order valence-corrected chi connectivity index (χ1v) is 7.83. The largest absolute Gasteiger partial charge is 0.497 e. The van der Waals surface area contributed by atoms with Crippen LogP contribution in [0.4, 0.5) is 0 Å². The molecule has 0 saturated carbocycles. The summed E-state index contributed by atoms with van der Waals surface area (Å²) in [6, 6.07) is 7.78. The van der Waals surface area contributed by atoms with Crippen LogP contribution in [0.2, 0.25) is 0 Å². The molecule has 0 spiro atoms. The fraction of sp³-hybridized carbons (Fsp3) is 0.538. The van der Waals surface area contributed by atoms with Gasteiger partial charge in [-0.1, -0.05) is 12.1 Å². The summed E-state index contributed by atoms with van der Waals surface area (Å²) in [6.45, 7) is 2.65. The number of nitrogens with one attached hydrogen (secondary N) is 1. The number of rotatable bonds is 4. The summed E-state index contributed by atoms with van der Waals surface area (Å²) in [5, 5.41) is 3.35. The van der Waals surface area contributed by atoms with Crippen molar-refractivity contribution >= 4 is 9.84 Å². The third kappa shape index (κ3) is 3.23. The van der Waals surface area contributed by atoms with Crippen LogP contribution in [-0.2, 0) is 16.4 Å². The van der Waals surface area contributed by atoms with Crippen LogP contribution in [0.3, 0.4) is 0 Å². The molecule has 0 aromatic heterocycles. The summed E-state index contributed by atoms with van der Waals surface area (Å²) in [4.78, 5) is 0. The van der Waals surface area contributed by atoms with Crippen molar-refractivity contribution in [2.24, 2.45) is 0 Å². The Balaban J connectivity index is 1.95. The minimum absolute atomic E-state index is 0.232. The molecule has 0 amide bonds. The Morgan fingerprint density at radius 1 is 1.33 bits per heavy atom. The number of methoxy groups -OCH3 is 1. The fourth-order valence-electron chi connectivity index (χ4n) is 2.21. The zero-order chi connectivity index (χ0) is 13.2. The number of benzene rings is 1. The van der Waals surface area contributed by atoms with Gasteiger partial charge in [0.05, 0.1) is 18.6 Å². The van der Waals surface area contributed by atoms with Gasteiger partial charge in [-0.25, -0.2) is 8.42 Å². The van der Waals surface area contributed by atoms with Crippen molar-refractivity contribution in [3.05, 3.63) is 29.8 Å². The van der Waals surface area contributed by atoms with E-state index in [0.29, 0.717) is 18.7 Å². The van der Waals surface area contributed by atoms with Crippen molar-refractivity contribution in [3.8, 4) is 5.75 Å². The van der Waals surface area contributed by atoms with E-state index in [2.05, 4.69) is 5.32 Å². The second-order valence-electron chi connectivity index (χ2n) is 5.10. The molecule has 1 unspecified atom stereocenters. The Bertz CT molecular complexity index is 510. The van der Waals surface area contributed by atoms with Gasteiger partial charge < -0.3 is 10.1 Å². The lowest BCUT2D eigenvalue weighted by Gasteiger charge is -2.24. The summed E-state index contributed by atoms with van der Waals surface area (Å²) < 4.78 is 28.1. The minimum atomic E-state index is -2.85. The molecule has 1 N–H and O–H groups in total. The van der Waals surface area contributed by atoms with E-state index in [1.807, 2.05) is 31.2 Å². The average molecular weight is 269 g/mol. The Morgan fingerprint density at radius 3 is 2.50 bits per heavy atom. The highest BCUT2D eigenvalue weighted by Crippen LogP contribution is 2.23. The number of sulfone groups is 1. The van der Waals surface area contributed by atoms with E-state index in [9.17, 15) is 8.42 Å². The highest BCUT2D eigenvalue weighted by atomic mass is 32.2. The lowest BCUT2D eigenvalue weighted by atomic mass is 10.0. The summed E-state index contributed by atoms with van der Waals surface area (Å²) >= 11 is 0. The number of hydrogen-bond acceptors (Lipinski definition) is 4. The van der Waals surface area contributed by atoms with E-state index in [1.54, 1.807) is 7.11 Å². The smallest absolute Gasteiger partial charge is 0.152 e. The van der Waals surface area contributed by atoms with Gasteiger partial charge in [0, 0.05) is 12.1 Å². The number of ether oxygens (including phenoxy) is 1. The lowest BCUT2D eigenvalue weighted by Crippen LogP contribution is -2.42. The van der Waals surface area contributed by atoms with Gasteiger partial charge in [-0.2, -0.15) is 0 Å². The van der Waals surface area contributed by atoms with E-state index in [1.165, 1.54) is 0 Å². The van der Waals surface area contributed by atoms with Gasteiger partial charge in [-0.15, -0.1) is 0 Å². The molecule has 18 heavy (non-hydrogen) atoms. The molecule has 1 aliphatic heterocycles. The molecule has 1 aliphatic rings. The van der Waals surface area contributed by atoms with Gasteiger partial charge in [0.1, 0.15) is 5.75 Å². The molecular weight excluding hydrogens is 250 g/mol. The summed E-state index contributed by atoms with van der Waals surface area (Å²) in [7, 11) is -1.21. The highest BCUT2D eigenvalue weighted by molar-refractivity contribution is 7.91. The molecule has 1 atom stereocenters. The molecule has 0 bridgehead atoms. The molecule has 2 rings (SSSR count). The Morgan fingerprint density at radius 2 is 2.00 bits per heavy atom. The van der Waals surface area contributed by atoms with Gasteiger partial charge in [-0.05, 0) is 31.0 Å². The Kier molecular flexibility index (Phi) is 3.64. The summed E-state index contributed by atoms with van der Waals surface area (Å²) in [6.07, 6.45) is 0.686. The molecule has 1 saturated heterocycles. The van der Waals surface area contributed by atoms with E-state index < -0.39 is 9.84 Å². The van der Waals surface area contributed by atoms with Crippen LogP contribution in [0.1, 0.15) is 18.9 Å². The molecule has 0 radical (unpaired) electrons. The molecule has 5 heteroatoms. The van der Waals surface area contributed by atoms with E-state index in [-0.39, 0.29) is 11.3 Å². The molecule has 100 valence electrons. The summed E-state index contributed by atoms with van der Waals surface area (Å²) in [5.41, 5.74) is 0.833. The first kappa shape index (κ1) is 13.4. The van der Waals surface area contributed by atoms with Crippen LogP contribution in [0, 0.1) is 0 Å². The first-order valence-electron chi connectivity index (χ1n) is 6.01. The maximum atomic E-state index is 11.5. The molecular formula is C13H19NO3S. The molecule has 1 aromatic rings. The summed E-state index contributed by atoms with van der Waals surface area (Å²) in [5.74, 6) is 1.35. The average Bonchev–Trinajstić information content (AvgIpc) is 2.62. The second-order valence-corrected chi connectivity index (χ2v) is 7.29. The molecule has 4 nitrogen and oxygen atoms in total. The van der Waals surface area contributed by atoms with Crippen molar-refractivity contribution in [2.75, 3.05) is 18.6 Å². The zero-order valence-electron chi connectivity index (χ0n) is 10.8. The van der Waals surface area contributed by atoms with E-state index >= 15 is 0 Å². The number of hydrogen-bond donors (Lipinski definition) is 1. The van der Waals surface area contributed by atoms with Crippen molar-refractivity contribution in [1.82, 2.24) is 5.32 Å². The van der Waals surface area contributed by atoms with Crippen LogP contribution in [0.15, 0.2) is 24.3 Å². The van der Waals surface area contributed by atoms with Gasteiger partial charge in [0.25, 0.3) is 0 Å². The predicted molar refractivity (Wildman–Crippen MR) is 71.5 cm³/mol. The first-order chi connectivity index (χ1) is 8.42. The van der Waals surface area contributed by atoms with Crippen LogP contribution in [0.5, 0.6) is 5.75 Å². The second kappa shape index (κ2) is 4.90. The van der Waals surface area contributed by atoms with Crippen molar-refractivity contribution < 1.29 is 13.2 Å². The van der Waals surface area contributed by atoms with Crippen LogP contribution in [-0.4, -0.2) is 32.6 Å². The van der Waals surface area contributed by atoms with Crippen LogP contribution in [0.25, 0.3) is 0 Å². The molecule has 1 fully saturated rings. The fourth-order valence-corrected chi connectivity index (χ4v) is 4.33. The van der Waals surface area contributed by atoms with Crippen LogP contribution >= 0.6 is 0 Å². The van der Waals surface area contributed by atoms with Gasteiger partial charge in [-0.3, -0.25) is 0 Å². The Labute approximate surface area is 108 Å². The zero-order valence-corrected chi connectivity index (χ0v) is 11.6. The lowest BCUT2D eigenvalue weighted by molar-refractivity contribution is 0.395. The molecule has 0 aliphatic carbocycles. The van der Waals surface area contributed by atoms with Gasteiger partial charge in [0.2, 0.25) is 0 Å². The SMILES string of the molecule is COc1ccc(CNC2(C)CCS(=O)(=O)C2)cc1. The third-order valence-electron chi connectivity index (χ3n) is 3.38. The van der Waals surface area contributed by atoms with Crippen molar-refractivity contribution in [1.29, 1.82) is 0 Å². The van der Waals surface area contributed by atoms with Crippen molar-refractivity contribution in [2.45, 2.75) is 25.4 Å². The molecule has 1 heterocycles. The van der Waals surface area contributed by atoms with E-state index in [4.69, 9.17) is 4.74 Å². The van der Waals surface area contributed by atoms with E-state index in [0.717, 1.165) is 11.3 Å². The quantitative estimate of drug-likeness (QED) is 0.897. The molecule has 1 aromatic carbocycles. The van der Waals surface area contributed by atoms with Crippen LogP contribution < -0.4 is 10.1 Å². The Hall–Kier alpha value is -1.07. The van der Waals surface area contributed by atoms with Crippen molar-refractivity contribution in [3.63, 3.8) is 0 Å². The maximum Gasteiger partial charge on any atom is 0.152 e. The topological polar surface area (TPSA) is 55.4 Å². The minimum Gasteiger partial charge on any atom is -0.497 e. The maximum absolute atomic E-state index is 11.5. The standard InChI is InChI=1S/C13H19NO3S/c1-13(7-8-18(15,16)10-13)14-9-11-3-5-12(17-2)6-4-11/h3-6,14H,7-10H2,1-2H3. The monoisotopic (exact) mass is 269 g/mol. The third-order valence-corrected chi connectivity index (χ3v) is 5.28. The van der Waals surface area contributed by atoms with Gasteiger partial charge >= 0.3 is 0 Å². The van der Waals surface area contributed by atoms with Gasteiger partial charge in [0.15, 0.2) is 9.84 Å².